The molecule has 0 radical (unpaired) electrons. The van der Waals surface area contributed by atoms with Crippen molar-refractivity contribution >= 4 is 11.3 Å². The lowest BCUT2D eigenvalue weighted by Crippen LogP contribution is -1.97. The number of hydrogen-bond donors (Lipinski definition) is 0. The fourth-order valence-electron chi connectivity index (χ4n) is 1.97. The van der Waals surface area contributed by atoms with Crippen molar-refractivity contribution in [1.29, 1.82) is 0 Å². The Morgan fingerprint density at radius 2 is 2.18 bits per heavy atom. The van der Waals surface area contributed by atoms with Gasteiger partial charge in [0.1, 0.15) is 21.8 Å². The number of nitrogens with zero attached hydrogens (tertiary/aromatic N) is 3. The minimum atomic E-state index is -0.384. The minimum absolute atomic E-state index is 0.0855. The van der Waals surface area contributed by atoms with Gasteiger partial charge in [-0.15, -0.1) is 11.3 Å². The summed E-state index contributed by atoms with van der Waals surface area (Å²) in [6, 6.07) is 6.31. The summed E-state index contributed by atoms with van der Waals surface area (Å²) in [5.41, 5.74) is 0.310. The highest BCUT2D eigenvalue weighted by Crippen LogP contribution is 2.31. The monoisotopic (exact) mass is 319 g/mol. The van der Waals surface area contributed by atoms with Crippen molar-refractivity contribution in [2.45, 2.75) is 20.0 Å². The maximum Gasteiger partial charge on any atom is 0.269 e. The topological polar surface area (TPSA) is 61.0 Å². The zero-order valence-corrected chi connectivity index (χ0v) is 12.9. The Balaban J connectivity index is 1.87. The van der Waals surface area contributed by atoms with Crippen molar-refractivity contribution in [3.05, 3.63) is 41.3 Å². The average Bonchev–Trinajstić information content (AvgIpc) is 3.17. The van der Waals surface area contributed by atoms with Crippen LogP contribution in [0, 0.1) is 5.82 Å². The van der Waals surface area contributed by atoms with Crippen LogP contribution in [0.1, 0.15) is 25.0 Å². The van der Waals surface area contributed by atoms with Crippen LogP contribution in [-0.4, -0.2) is 21.7 Å². The third kappa shape index (κ3) is 2.90. The third-order valence-corrected chi connectivity index (χ3v) is 4.19. The van der Waals surface area contributed by atoms with Gasteiger partial charge in [0.25, 0.3) is 5.89 Å². The van der Waals surface area contributed by atoms with E-state index in [4.69, 9.17) is 9.26 Å². The molecule has 114 valence electrons. The number of rotatable bonds is 5. The van der Waals surface area contributed by atoms with Crippen LogP contribution >= 0.6 is 11.3 Å². The standard InChI is InChI=1S/C15H14FN3O2S/c1-3-20-9(2)15-17-8-12(22-15)14-18-13(19-21-14)10-6-4-5-7-11(10)16/h4-9H,3H2,1-2H3/t9-/m1/s1. The Kier molecular flexibility index (Phi) is 4.26. The molecule has 3 rings (SSSR count). The fraction of sp³-hybridized carbons (Fsp3) is 0.267. The maximum absolute atomic E-state index is 13.7. The molecule has 0 aliphatic carbocycles. The molecule has 1 aromatic carbocycles. The van der Waals surface area contributed by atoms with Gasteiger partial charge in [-0.1, -0.05) is 17.3 Å². The van der Waals surface area contributed by atoms with Crippen molar-refractivity contribution < 1.29 is 13.7 Å². The second-order valence-electron chi connectivity index (χ2n) is 4.56. The van der Waals surface area contributed by atoms with Gasteiger partial charge >= 0.3 is 0 Å². The Labute approximate surface area is 130 Å². The van der Waals surface area contributed by atoms with Crippen LogP contribution in [0.5, 0.6) is 0 Å². The lowest BCUT2D eigenvalue weighted by atomic mass is 10.2. The molecule has 3 aromatic rings. The van der Waals surface area contributed by atoms with E-state index in [1.165, 1.54) is 17.4 Å². The quantitative estimate of drug-likeness (QED) is 0.708. The van der Waals surface area contributed by atoms with Crippen LogP contribution in [0.3, 0.4) is 0 Å². The summed E-state index contributed by atoms with van der Waals surface area (Å²) < 4.78 is 24.4. The molecule has 0 aliphatic heterocycles. The van der Waals surface area contributed by atoms with Gasteiger partial charge in [0.2, 0.25) is 5.82 Å². The molecule has 0 N–H and O–H groups in total. The molecule has 0 spiro atoms. The van der Waals surface area contributed by atoms with Gasteiger partial charge in [0.15, 0.2) is 0 Å². The Hall–Kier alpha value is -2.12. The molecule has 2 heterocycles. The minimum Gasteiger partial charge on any atom is -0.372 e. The Bertz CT molecular complexity index is 772. The molecule has 0 saturated carbocycles. The van der Waals surface area contributed by atoms with Crippen molar-refractivity contribution in [1.82, 2.24) is 15.1 Å². The zero-order chi connectivity index (χ0) is 15.5. The normalized spacial score (nSPS) is 12.5. The van der Waals surface area contributed by atoms with Crippen molar-refractivity contribution in [2.24, 2.45) is 0 Å². The lowest BCUT2D eigenvalue weighted by molar-refractivity contribution is 0.0762. The number of ether oxygens (including phenoxy) is 1. The SMILES string of the molecule is CCO[C@H](C)c1ncc(-c2nc(-c3ccccc3F)no2)s1. The first kappa shape index (κ1) is 14.8. The molecule has 0 saturated heterocycles. The molecule has 0 unspecified atom stereocenters. The summed E-state index contributed by atoms with van der Waals surface area (Å²) >= 11 is 1.42. The molecule has 0 aliphatic rings. The first-order chi connectivity index (χ1) is 10.7. The van der Waals surface area contributed by atoms with Crippen LogP contribution in [-0.2, 0) is 4.74 Å². The lowest BCUT2D eigenvalue weighted by Gasteiger charge is -2.06. The smallest absolute Gasteiger partial charge is 0.269 e. The largest absolute Gasteiger partial charge is 0.372 e. The second-order valence-corrected chi connectivity index (χ2v) is 5.63. The van der Waals surface area contributed by atoms with Gasteiger partial charge in [-0.3, -0.25) is 0 Å². The summed E-state index contributed by atoms with van der Waals surface area (Å²) in [4.78, 5) is 9.28. The van der Waals surface area contributed by atoms with E-state index in [1.807, 2.05) is 13.8 Å². The van der Waals surface area contributed by atoms with Crippen LogP contribution in [0.2, 0.25) is 0 Å². The van der Waals surface area contributed by atoms with E-state index >= 15 is 0 Å². The van der Waals surface area contributed by atoms with Crippen LogP contribution in [0.15, 0.2) is 35.0 Å². The Morgan fingerprint density at radius 1 is 1.36 bits per heavy atom. The number of thiazole rings is 1. The molecule has 22 heavy (non-hydrogen) atoms. The van der Waals surface area contributed by atoms with Crippen molar-refractivity contribution in [2.75, 3.05) is 6.61 Å². The predicted octanol–water partition coefficient (Wildman–Crippen LogP) is 4.10. The molecule has 0 fully saturated rings. The molecular formula is C15H14FN3O2S. The maximum atomic E-state index is 13.7. The highest BCUT2D eigenvalue weighted by atomic mass is 32.1. The number of aromatic nitrogens is 3. The van der Waals surface area contributed by atoms with E-state index in [-0.39, 0.29) is 17.7 Å². The van der Waals surface area contributed by atoms with Gasteiger partial charge in [-0.05, 0) is 26.0 Å². The summed E-state index contributed by atoms with van der Waals surface area (Å²) in [7, 11) is 0. The Morgan fingerprint density at radius 3 is 2.95 bits per heavy atom. The predicted molar refractivity (Wildman–Crippen MR) is 80.8 cm³/mol. The highest BCUT2D eigenvalue weighted by molar-refractivity contribution is 7.15. The van der Waals surface area contributed by atoms with Gasteiger partial charge in [0, 0.05) is 6.61 Å². The number of benzene rings is 1. The van der Waals surface area contributed by atoms with Crippen LogP contribution < -0.4 is 0 Å². The van der Waals surface area contributed by atoms with Gasteiger partial charge in [-0.2, -0.15) is 4.98 Å². The van der Waals surface area contributed by atoms with Crippen LogP contribution in [0.25, 0.3) is 22.2 Å². The third-order valence-electron chi connectivity index (χ3n) is 3.04. The number of halogens is 1. The molecular weight excluding hydrogens is 305 g/mol. The van der Waals surface area contributed by atoms with Gasteiger partial charge < -0.3 is 9.26 Å². The van der Waals surface area contributed by atoms with Crippen molar-refractivity contribution in [3.63, 3.8) is 0 Å². The summed E-state index contributed by atoms with van der Waals surface area (Å²) in [5.74, 6) is 0.163. The fourth-order valence-corrected chi connectivity index (χ4v) is 2.81. The highest BCUT2D eigenvalue weighted by Gasteiger charge is 2.17. The summed E-state index contributed by atoms with van der Waals surface area (Å²) in [5, 5.41) is 4.67. The van der Waals surface area contributed by atoms with Crippen molar-refractivity contribution in [3.8, 4) is 22.2 Å². The van der Waals surface area contributed by atoms with Gasteiger partial charge in [-0.25, -0.2) is 9.37 Å². The molecule has 2 aromatic heterocycles. The van der Waals surface area contributed by atoms with E-state index in [2.05, 4.69) is 15.1 Å². The molecule has 7 heteroatoms. The second kappa shape index (κ2) is 6.33. The van der Waals surface area contributed by atoms with E-state index in [0.29, 0.717) is 18.1 Å². The van der Waals surface area contributed by atoms with E-state index < -0.39 is 0 Å². The molecule has 0 amide bonds. The molecule has 1 atom stereocenters. The van der Waals surface area contributed by atoms with E-state index in [9.17, 15) is 4.39 Å². The summed E-state index contributed by atoms with van der Waals surface area (Å²) in [6.07, 6.45) is 1.58. The first-order valence-corrected chi connectivity index (χ1v) is 7.67. The molecule has 0 bridgehead atoms. The molecule has 5 nitrogen and oxygen atoms in total. The van der Waals surface area contributed by atoms with E-state index in [1.54, 1.807) is 24.4 Å². The first-order valence-electron chi connectivity index (χ1n) is 6.85. The number of hydrogen-bond acceptors (Lipinski definition) is 6. The summed E-state index contributed by atoms with van der Waals surface area (Å²) in [6.45, 7) is 4.49. The van der Waals surface area contributed by atoms with Gasteiger partial charge in [0.05, 0.1) is 11.8 Å². The van der Waals surface area contributed by atoms with Crippen LogP contribution in [0.4, 0.5) is 4.39 Å². The zero-order valence-electron chi connectivity index (χ0n) is 12.1. The average molecular weight is 319 g/mol. The van der Waals surface area contributed by atoms with E-state index in [0.717, 1.165) is 9.88 Å².